The Balaban J connectivity index is 4.06. The zero-order valence-electron chi connectivity index (χ0n) is 9.49. The lowest BCUT2D eigenvalue weighted by molar-refractivity contribution is -0.127. The molecule has 0 aliphatic heterocycles. The molecule has 0 aromatic rings. The molecule has 1 amide bonds. The summed E-state index contributed by atoms with van der Waals surface area (Å²) in [5.74, 6) is -0.560. The van der Waals surface area contributed by atoms with Gasteiger partial charge in [-0.15, -0.1) is 0 Å². The fraction of sp³-hybridized carbons (Fsp3) is 0.778. The number of hydrogen-bond donors (Lipinski definition) is 2. The molecular formula is C9H17N3O3S. The minimum Gasteiger partial charge on any atom is -0.355 e. The van der Waals surface area contributed by atoms with Crippen LogP contribution in [0.15, 0.2) is 0 Å². The number of amides is 1. The maximum atomic E-state index is 11.5. The van der Waals surface area contributed by atoms with Crippen molar-refractivity contribution in [1.82, 2.24) is 5.32 Å². The Morgan fingerprint density at radius 2 is 2.12 bits per heavy atom. The predicted molar refractivity (Wildman–Crippen MR) is 59.6 cm³/mol. The topological polar surface area (TPSA) is 113 Å². The zero-order valence-corrected chi connectivity index (χ0v) is 10.3. The van der Waals surface area contributed by atoms with Gasteiger partial charge >= 0.3 is 0 Å². The molecule has 7 heteroatoms. The summed E-state index contributed by atoms with van der Waals surface area (Å²) in [7, 11) is -3.48. The molecule has 0 heterocycles. The predicted octanol–water partition coefficient (Wildman–Crippen LogP) is -0.279. The standard InChI is InChI=1S/C9H17N3O3S/c1-3-9(2,7-10)8(13)12-5-4-6-16(11,14)15/h3-6H2,1-2H3,(H,12,13)(H2,11,14,15). The number of nitriles is 1. The average molecular weight is 247 g/mol. The summed E-state index contributed by atoms with van der Waals surface area (Å²) in [6.45, 7) is 3.49. The fourth-order valence-electron chi connectivity index (χ4n) is 0.961. The van der Waals surface area contributed by atoms with Gasteiger partial charge in [-0.3, -0.25) is 4.79 Å². The van der Waals surface area contributed by atoms with Crippen LogP contribution in [0.1, 0.15) is 26.7 Å². The van der Waals surface area contributed by atoms with E-state index in [1.54, 1.807) is 13.8 Å². The van der Waals surface area contributed by atoms with Crippen LogP contribution in [0.4, 0.5) is 0 Å². The average Bonchev–Trinajstić information content (AvgIpc) is 2.21. The van der Waals surface area contributed by atoms with E-state index < -0.39 is 15.4 Å². The van der Waals surface area contributed by atoms with E-state index in [1.807, 2.05) is 6.07 Å². The van der Waals surface area contributed by atoms with E-state index in [2.05, 4.69) is 5.32 Å². The van der Waals surface area contributed by atoms with Gasteiger partial charge in [0.25, 0.3) is 0 Å². The number of nitrogens with zero attached hydrogens (tertiary/aromatic N) is 1. The van der Waals surface area contributed by atoms with Gasteiger partial charge in [0.1, 0.15) is 5.41 Å². The van der Waals surface area contributed by atoms with Gasteiger partial charge in [-0.25, -0.2) is 13.6 Å². The van der Waals surface area contributed by atoms with E-state index in [0.717, 1.165) is 0 Å². The van der Waals surface area contributed by atoms with Gasteiger partial charge < -0.3 is 5.32 Å². The Morgan fingerprint density at radius 1 is 1.56 bits per heavy atom. The maximum absolute atomic E-state index is 11.5. The third kappa shape index (κ3) is 5.09. The highest BCUT2D eigenvalue weighted by Crippen LogP contribution is 2.19. The Bertz CT molecular complexity index is 385. The first-order chi connectivity index (χ1) is 7.25. The van der Waals surface area contributed by atoms with Gasteiger partial charge in [-0.1, -0.05) is 6.92 Å². The molecule has 6 nitrogen and oxygen atoms in total. The van der Waals surface area contributed by atoms with Crippen LogP contribution in [0, 0.1) is 16.7 Å². The first-order valence-corrected chi connectivity index (χ1v) is 6.67. The number of nitrogens with two attached hydrogens (primary N) is 1. The summed E-state index contributed by atoms with van der Waals surface area (Å²) in [5, 5.41) is 16.1. The molecule has 0 saturated carbocycles. The second kappa shape index (κ2) is 5.82. The van der Waals surface area contributed by atoms with Crippen molar-refractivity contribution in [1.29, 1.82) is 5.26 Å². The number of primary sulfonamides is 1. The van der Waals surface area contributed by atoms with Crippen molar-refractivity contribution in [2.75, 3.05) is 12.3 Å². The minimum absolute atomic E-state index is 0.178. The van der Waals surface area contributed by atoms with Crippen molar-refractivity contribution in [3.05, 3.63) is 0 Å². The Labute approximate surface area is 95.9 Å². The quantitative estimate of drug-likeness (QED) is 0.628. The van der Waals surface area contributed by atoms with Crippen molar-refractivity contribution < 1.29 is 13.2 Å². The number of sulfonamides is 1. The molecule has 0 rings (SSSR count). The summed E-state index contributed by atoms with van der Waals surface area (Å²) in [4.78, 5) is 11.5. The number of carbonyl (C=O) groups is 1. The molecule has 0 spiro atoms. The molecule has 1 unspecified atom stereocenters. The van der Waals surface area contributed by atoms with Crippen molar-refractivity contribution in [3.63, 3.8) is 0 Å². The molecule has 0 aliphatic carbocycles. The Morgan fingerprint density at radius 3 is 2.50 bits per heavy atom. The Hall–Kier alpha value is -1.13. The molecule has 0 saturated heterocycles. The van der Waals surface area contributed by atoms with Gasteiger partial charge in [0.2, 0.25) is 15.9 Å². The van der Waals surface area contributed by atoms with E-state index in [4.69, 9.17) is 10.4 Å². The van der Waals surface area contributed by atoms with Crippen molar-refractivity contribution >= 4 is 15.9 Å². The van der Waals surface area contributed by atoms with Gasteiger partial charge in [0.05, 0.1) is 11.8 Å². The third-order valence-corrected chi connectivity index (χ3v) is 3.20. The van der Waals surface area contributed by atoms with E-state index in [9.17, 15) is 13.2 Å². The molecule has 1 atom stereocenters. The molecule has 16 heavy (non-hydrogen) atoms. The summed E-state index contributed by atoms with van der Waals surface area (Å²) in [6.07, 6.45) is 0.653. The lowest BCUT2D eigenvalue weighted by Crippen LogP contribution is -2.38. The van der Waals surface area contributed by atoms with Crippen LogP contribution in [0.3, 0.4) is 0 Å². The van der Waals surface area contributed by atoms with Crippen molar-refractivity contribution in [2.45, 2.75) is 26.7 Å². The van der Waals surface area contributed by atoms with Crippen LogP contribution in [-0.4, -0.2) is 26.6 Å². The monoisotopic (exact) mass is 247 g/mol. The second-order valence-electron chi connectivity index (χ2n) is 3.77. The molecule has 0 fully saturated rings. The lowest BCUT2D eigenvalue weighted by atomic mass is 9.88. The second-order valence-corrected chi connectivity index (χ2v) is 5.51. The summed E-state index contributed by atoms with van der Waals surface area (Å²) < 4.78 is 21.2. The fourth-order valence-corrected chi connectivity index (χ4v) is 1.51. The number of carbonyl (C=O) groups excluding carboxylic acids is 1. The molecular weight excluding hydrogens is 230 g/mol. The first-order valence-electron chi connectivity index (χ1n) is 4.95. The van der Waals surface area contributed by atoms with Gasteiger partial charge in [0, 0.05) is 6.54 Å². The van der Waals surface area contributed by atoms with Crippen LogP contribution >= 0.6 is 0 Å². The lowest BCUT2D eigenvalue weighted by Gasteiger charge is -2.18. The van der Waals surface area contributed by atoms with Crippen molar-refractivity contribution in [3.8, 4) is 6.07 Å². The van der Waals surface area contributed by atoms with Crippen molar-refractivity contribution in [2.24, 2.45) is 10.6 Å². The highest BCUT2D eigenvalue weighted by molar-refractivity contribution is 7.89. The van der Waals surface area contributed by atoms with Crippen LogP contribution in [0.25, 0.3) is 0 Å². The maximum Gasteiger partial charge on any atom is 0.240 e. The molecule has 0 radical (unpaired) electrons. The normalized spacial score (nSPS) is 14.9. The van der Waals surface area contributed by atoms with Crippen LogP contribution < -0.4 is 10.5 Å². The summed E-state index contributed by atoms with van der Waals surface area (Å²) >= 11 is 0. The van der Waals surface area contributed by atoms with Crippen LogP contribution in [0.5, 0.6) is 0 Å². The highest BCUT2D eigenvalue weighted by Gasteiger charge is 2.30. The Kier molecular flexibility index (Phi) is 5.41. The van der Waals surface area contributed by atoms with E-state index in [0.29, 0.717) is 6.42 Å². The zero-order chi connectivity index (χ0) is 12.8. The minimum atomic E-state index is -3.48. The molecule has 0 aromatic heterocycles. The highest BCUT2D eigenvalue weighted by atomic mass is 32.2. The number of nitrogens with one attached hydrogen (secondary N) is 1. The molecule has 0 aliphatic rings. The van der Waals surface area contributed by atoms with E-state index in [1.165, 1.54) is 0 Å². The number of hydrogen-bond acceptors (Lipinski definition) is 4. The van der Waals surface area contributed by atoms with Gasteiger partial charge in [-0.2, -0.15) is 5.26 Å². The summed E-state index contributed by atoms with van der Waals surface area (Å²) in [5.41, 5.74) is -1.05. The van der Waals surface area contributed by atoms with E-state index >= 15 is 0 Å². The van der Waals surface area contributed by atoms with Crippen LogP contribution in [-0.2, 0) is 14.8 Å². The first kappa shape index (κ1) is 14.9. The molecule has 92 valence electrons. The molecule has 0 aromatic carbocycles. The van der Waals surface area contributed by atoms with E-state index in [-0.39, 0.29) is 24.6 Å². The third-order valence-electron chi connectivity index (χ3n) is 2.35. The molecule has 0 bridgehead atoms. The SMILES string of the molecule is CCC(C)(C#N)C(=O)NCCCS(N)(=O)=O. The largest absolute Gasteiger partial charge is 0.355 e. The van der Waals surface area contributed by atoms with Crippen LogP contribution in [0.2, 0.25) is 0 Å². The smallest absolute Gasteiger partial charge is 0.240 e. The summed E-state index contributed by atoms with van der Waals surface area (Å²) in [6, 6.07) is 1.93. The van der Waals surface area contributed by atoms with Gasteiger partial charge in [0.15, 0.2) is 0 Å². The molecule has 3 N–H and O–H groups in total. The number of rotatable bonds is 6. The van der Waals surface area contributed by atoms with Gasteiger partial charge in [-0.05, 0) is 19.8 Å².